The van der Waals surface area contributed by atoms with Crippen LogP contribution in [0.1, 0.15) is 58.8 Å². The molecule has 0 aromatic heterocycles. The van der Waals surface area contributed by atoms with Gasteiger partial charge >= 0.3 is 0 Å². The highest BCUT2D eigenvalue weighted by Crippen LogP contribution is 2.64. The van der Waals surface area contributed by atoms with Crippen LogP contribution in [0.5, 0.6) is 0 Å². The Bertz CT molecular complexity index is 656. The zero-order chi connectivity index (χ0) is 21.2. The second-order valence-electron chi connectivity index (χ2n) is 8.55. The Labute approximate surface area is 172 Å². The number of nitrogens with one attached hydrogen (secondary N) is 2. The van der Waals surface area contributed by atoms with Crippen LogP contribution in [-0.2, 0) is 19.1 Å². The lowest BCUT2D eigenvalue weighted by Crippen LogP contribution is -2.55. The Hall–Kier alpha value is -1.67. The molecule has 3 heterocycles. The predicted octanol–water partition coefficient (Wildman–Crippen LogP) is 0.576. The Morgan fingerprint density at radius 3 is 2.59 bits per heavy atom. The Balaban J connectivity index is 1.94. The second kappa shape index (κ2) is 8.60. The van der Waals surface area contributed by atoms with Gasteiger partial charge in [0.15, 0.2) is 0 Å². The van der Waals surface area contributed by atoms with Crippen molar-refractivity contribution in [2.75, 3.05) is 26.7 Å². The molecule has 5 atom stereocenters. The molecule has 0 saturated carbocycles. The fraction of sp³-hybridized carbons (Fsp3) is 0.857. The van der Waals surface area contributed by atoms with E-state index >= 15 is 0 Å². The maximum absolute atomic E-state index is 13.5. The molecule has 164 valence electrons. The molecule has 8 heteroatoms. The van der Waals surface area contributed by atoms with Gasteiger partial charge in [-0.2, -0.15) is 0 Å². The molecular weight excluding hydrogens is 374 g/mol. The van der Waals surface area contributed by atoms with Crippen LogP contribution in [-0.4, -0.2) is 71.7 Å². The van der Waals surface area contributed by atoms with E-state index in [1.54, 1.807) is 11.9 Å². The van der Waals surface area contributed by atoms with Crippen molar-refractivity contribution in [3.63, 3.8) is 0 Å². The van der Waals surface area contributed by atoms with E-state index < -0.39 is 29.1 Å². The molecule has 3 aliphatic rings. The first-order valence-corrected chi connectivity index (χ1v) is 11.0. The van der Waals surface area contributed by atoms with E-state index in [0.29, 0.717) is 32.2 Å². The van der Waals surface area contributed by atoms with Gasteiger partial charge in [-0.1, -0.05) is 26.7 Å². The molecule has 2 unspecified atom stereocenters. The SMILES string of the molecule is CCCCCNC(=O)C1N(CCCO)C(=O)[C@@H]2[C@H](C(=O)NC)[C@]3(CC)CCC12O3. The van der Waals surface area contributed by atoms with Crippen molar-refractivity contribution in [3.8, 4) is 0 Å². The van der Waals surface area contributed by atoms with Crippen LogP contribution < -0.4 is 10.6 Å². The smallest absolute Gasteiger partial charge is 0.245 e. The standard InChI is InChI=1S/C21H35N3O5/c1-4-6-7-11-23-18(27)16-21-10-9-20(5-2,29-21)14(17(26)22-3)15(21)19(28)24(16)12-8-13-25/h14-16,25H,4-13H2,1-3H3,(H,22,26)(H,23,27)/t14-,15+,16?,20+,21?/m1/s1. The third-order valence-electron chi connectivity index (χ3n) is 7.09. The summed E-state index contributed by atoms with van der Waals surface area (Å²) in [6.07, 6.45) is 5.24. The highest BCUT2D eigenvalue weighted by atomic mass is 16.5. The summed E-state index contributed by atoms with van der Waals surface area (Å²) in [6, 6.07) is -0.753. The van der Waals surface area contributed by atoms with Crippen molar-refractivity contribution in [2.45, 2.75) is 76.0 Å². The first kappa shape index (κ1) is 22.0. The first-order valence-electron chi connectivity index (χ1n) is 11.0. The van der Waals surface area contributed by atoms with Crippen molar-refractivity contribution in [2.24, 2.45) is 11.8 Å². The fourth-order valence-corrected chi connectivity index (χ4v) is 5.74. The molecule has 0 aromatic carbocycles. The van der Waals surface area contributed by atoms with Gasteiger partial charge in [-0.3, -0.25) is 14.4 Å². The third-order valence-corrected chi connectivity index (χ3v) is 7.09. The van der Waals surface area contributed by atoms with Crippen LogP contribution in [0.2, 0.25) is 0 Å². The van der Waals surface area contributed by atoms with E-state index in [9.17, 15) is 19.5 Å². The van der Waals surface area contributed by atoms with Gasteiger partial charge in [-0.05, 0) is 32.1 Å². The van der Waals surface area contributed by atoms with Crippen LogP contribution in [0.4, 0.5) is 0 Å². The number of fused-ring (bicyclic) bond motifs is 1. The summed E-state index contributed by atoms with van der Waals surface area (Å²) in [7, 11) is 1.57. The zero-order valence-corrected chi connectivity index (χ0v) is 17.8. The zero-order valence-electron chi connectivity index (χ0n) is 17.8. The normalized spacial score (nSPS) is 35.1. The van der Waals surface area contributed by atoms with Crippen molar-refractivity contribution >= 4 is 17.7 Å². The Kier molecular flexibility index (Phi) is 6.53. The molecule has 3 amide bonds. The van der Waals surface area contributed by atoms with Crippen LogP contribution in [0.3, 0.4) is 0 Å². The molecule has 3 fully saturated rings. The van der Waals surface area contributed by atoms with Crippen molar-refractivity contribution in [1.29, 1.82) is 0 Å². The minimum Gasteiger partial charge on any atom is -0.396 e. The molecule has 3 rings (SSSR count). The summed E-state index contributed by atoms with van der Waals surface area (Å²) >= 11 is 0. The highest BCUT2D eigenvalue weighted by molar-refractivity contribution is 5.99. The van der Waals surface area contributed by atoms with Crippen molar-refractivity contribution < 1.29 is 24.2 Å². The number of rotatable bonds is 10. The number of carbonyl (C=O) groups excluding carboxylic acids is 3. The molecule has 0 aliphatic carbocycles. The molecule has 3 saturated heterocycles. The van der Waals surface area contributed by atoms with Crippen LogP contribution in [0.15, 0.2) is 0 Å². The summed E-state index contributed by atoms with van der Waals surface area (Å²) in [4.78, 5) is 41.0. The quantitative estimate of drug-likeness (QED) is 0.458. The summed E-state index contributed by atoms with van der Waals surface area (Å²) in [6.45, 7) is 4.86. The van der Waals surface area contributed by atoms with Gasteiger partial charge in [0.05, 0.1) is 17.4 Å². The molecule has 0 aromatic rings. The summed E-state index contributed by atoms with van der Waals surface area (Å²) in [5, 5.41) is 15.0. The number of hydrogen-bond donors (Lipinski definition) is 3. The maximum atomic E-state index is 13.5. The summed E-state index contributed by atoms with van der Waals surface area (Å²) in [5.41, 5.74) is -1.65. The van der Waals surface area contributed by atoms with E-state index in [2.05, 4.69) is 17.6 Å². The van der Waals surface area contributed by atoms with Crippen molar-refractivity contribution in [3.05, 3.63) is 0 Å². The van der Waals surface area contributed by atoms with Gasteiger partial charge in [0.2, 0.25) is 17.7 Å². The average molecular weight is 410 g/mol. The number of carbonyl (C=O) groups is 3. The molecule has 8 nitrogen and oxygen atoms in total. The molecule has 2 bridgehead atoms. The number of unbranched alkanes of at least 4 members (excludes halogenated alkanes) is 2. The second-order valence-corrected chi connectivity index (χ2v) is 8.55. The lowest BCUT2D eigenvalue weighted by molar-refractivity contribution is -0.147. The van der Waals surface area contributed by atoms with Gasteiger partial charge in [0.25, 0.3) is 0 Å². The third kappa shape index (κ3) is 3.34. The van der Waals surface area contributed by atoms with E-state index in [0.717, 1.165) is 19.3 Å². The minimum atomic E-state index is -0.964. The first-order chi connectivity index (χ1) is 13.9. The van der Waals surface area contributed by atoms with Gasteiger partial charge < -0.3 is 25.4 Å². The topological polar surface area (TPSA) is 108 Å². The lowest BCUT2D eigenvalue weighted by atomic mass is 9.65. The van der Waals surface area contributed by atoms with E-state index in [1.807, 2.05) is 6.92 Å². The summed E-state index contributed by atoms with van der Waals surface area (Å²) < 4.78 is 6.55. The van der Waals surface area contributed by atoms with E-state index in [4.69, 9.17) is 4.74 Å². The maximum Gasteiger partial charge on any atom is 0.245 e. The summed E-state index contributed by atoms with van der Waals surface area (Å²) in [5.74, 6) is -1.84. The Morgan fingerprint density at radius 2 is 1.97 bits per heavy atom. The van der Waals surface area contributed by atoms with E-state index in [-0.39, 0.29) is 30.9 Å². The predicted molar refractivity (Wildman–Crippen MR) is 107 cm³/mol. The molecule has 3 N–H and O–H groups in total. The number of hydrogen-bond acceptors (Lipinski definition) is 5. The van der Waals surface area contributed by atoms with Gasteiger partial charge in [-0.25, -0.2) is 0 Å². The number of aliphatic hydroxyl groups is 1. The highest BCUT2D eigenvalue weighted by Gasteiger charge is 2.78. The van der Waals surface area contributed by atoms with Crippen LogP contribution in [0, 0.1) is 11.8 Å². The molecule has 29 heavy (non-hydrogen) atoms. The largest absolute Gasteiger partial charge is 0.396 e. The van der Waals surface area contributed by atoms with Crippen LogP contribution in [0.25, 0.3) is 0 Å². The fourth-order valence-electron chi connectivity index (χ4n) is 5.74. The van der Waals surface area contributed by atoms with Gasteiger partial charge in [0, 0.05) is 26.7 Å². The van der Waals surface area contributed by atoms with Crippen molar-refractivity contribution in [1.82, 2.24) is 15.5 Å². The van der Waals surface area contributed by atoms with Gasteiger partial charge in [0.1, 0.15) is 11.6 Å². The molecule has 1 spiro atoms. The average Bonchev–Trinajstić information content (AvgIpc) is 3.32. The van der Waals surface area contributed by atoms with E-state index in [1.165, 1.54) is 0 Å². The van der Waals surface area contributed by atoms with Crippen LogP contribution >= 0.6 is 0 Å². The number of likely N-dealkylation sites (tertiary alicyclic amines) is 1. The molecule has 0 radical (unpaired) electrons. The molecule has 3 aliphatic heterocycles. The number of ether oxygens (including phenoxy) is 1. The number of aliphatic hydroxyl groups excluding tert-OH is 1. The monoisotopic (exact) mass is 409 g/mol. The lowest BCUT2D eigenvalue weighted by Gasteiger charge is -2.33. The number of nitrogens with zero attached hydrogens (tertiary/aromatic N) is 1. The molecular formula is C21H35N3O5. The van der Waals surface area contributed by atoms with Gasteiger partial charge in [-0.15, -0.1) is 0 Å². The number of amides is 3. The minimum absolute atomic E-state index is 0.0646. The Morgan fingerprint density at radius 1 is 1.21 bits per heavy atom.